The molecule has 0 radical (unpaired) electrons. The molecule has 1 nitrogen and oxygen atoms in total. The molecule has 2 aliphatic carbocycles. The van der Waals surface area contributed by atoms with Crippen LogP contribution in [0.15, 0.2) is 103 Å². The fourth-order valence-corrected chi connectivity index (χ4v) is 5.77. The first-order chi connectivity index (χ1) is 14.4. The van der Waals surface area contributed by atoms with Crippen molar-refractivity contribution in [3.63, 3.8) is 0 Å². The summed E-state index contributed by atoms with van der Waals surface area (Å²) in [6.07, 6.45) is 4.00. The highest BCUT2D eigenvalue weighted by molar-refractivity contribution is 6.06. The Morgan fingerprint density at radius 1 is 0.483 bits per heavy atom. The lowest BCUT2D eigenvalue weighted by Gasteiger charge is -2.39. The van der Waals surface area contributed by atoms with Gasteiger partial charge in [0.05, 0.1) is 5.41 Å². The van der Waals surface area contributed by atoms with Gasteiger partial charge < -0.3 is 0 Å². The summed E-state index contributed by atoms with van der Waals surface area (Å²) < 4.78 is 0. The molecule has 0 saturated carbocycles. The Kier molecular flexibility index (Phi) is 2.74. The Labute approximate surface area is 169 Å². The Hall–Kier alpha value is -3.71. The molecule has 0 N–H and O–H groups in total. The van der Waals surface area contributed by atoms with Crippen LogP contribution in [0.1, 0.15) is 22.3 Å². The first-order valence-electron chi connectivity index (χ1n) is 10.1. The van der Waals surface area contributed by atoms with Crippen LogP contribution in [-0.4, -0.2) is 4.98 Å². The van der Waals surface area contributed by atoms with E-state index in [1.165, 1.54) is 55.3 Å². The van der Waals surface area contributed by atoms with E-state index < -0.39 is 0 Å². The van der Waals surface area contributed by atoms with E-state index in [1.54, 1.807) is 0 Å². The third-order valence-electron chi connectivity index (χ3n) is 6.78. The summed E-state index contributed by atoms with van der Waals surface area (Å²) in [6.45, 7) is 0. The molecule has 29 heavy (non-hydrogen) atoms. The summed E-state index contributed by atoms with van der Waals surface area (Å²) in [4.78, 5) is 4.58. The zero-order valence-corrected chi connectivity index (χ0v) is 15.8. The van der Waals surface area contributed by atoms with Crippen LogP contribution < -0.4 is 0 Å². The van der Waals surface area contributed by atoms with Crippen LogP contribution in [0.5, 0.6) is 0 Å². The van der Waals surface area contributed by atoms with E-state index >= 15 is 0 Å². The molecule has 7 rings (SSSR count). The second-order valence-corrected chi connectivity index (χ2v) is 7.97. The van der Waals surface area contributed by atoms with E-state index in [-0.39, 0.29) is 5.41 Å². The van der Waals surface area contributed by atoms with Gasteiger partial charge in [0.25, 0.3) is 0 Å². The van der Waals surface area contributed by atoms with E-state index in [1.807, 2.05) is 6.20 Å². The Morgan fingerprint density at radius 3 is 1.86 bits per heavy atom. The third-order valence-corrected chi connectivity index (χ3v) is 6.78. The summed E-state index contributed by atoms with van der Waals surface area (Å²) >= 11 is 0. The fraction of sp³-hybridized carbons (Fsp3) is 0.0357. The number of rotatable bonds is 0. The van der Waals surface area contributed by atoms with Crippen molar-refractivity contribution in [2.45, 2.75) is 5.41 Å². The van der Waals surface area contributed by atoms with Gasteiger partial charge in [-0.15, -0.1) is 0 Å². The van der Waals surface area contributed by atoms with Gasteiger partial charge in [0.15, 0.2) is 0 Å². The largest absolute Gasteiger partial charge is 0.264 e. The monoisotopic (exact) mass is 367 g/mol. The first kappa shape index (κ1) is 15.2. The van der Waals surface area contributed by atoms with Crippen molar-refractivity contribution < 1.29 is 0 Å². The van der Waals surface area contributed by atoms with Crippen molar-refractivity contribution in [2.24, 2.45) is 0 Å². The number of hydrogen-bond acceptors (Lipinski definition) is 1. The van der Waals surface area contributed by atoms with E-state index in [4.69, 9.17) is 0 Å². The van der Waals surface area contributed by atoms with Gasteiger partial charge in [0.2, 0.25) is 0 Å². The van der Waals surface area contributed by atoms with Crippen molar-refractivity contribution >= 4 is 10.8 Å². The molecule has 1 heteroatoms. The maximum atomic E-state index is 4.58. The number of benzene rings is 4. The highest BCUT2D eigenvalue weighted by Gasteiger charge is 2.49. The highest BCUT2D eigenvalue weighted by Crippen LogP contribution is 2.61. The maximum absolute atomic E-state index is 4.58. The lowest BCUT2D eigenvalue weighted by Crippen LogP contribution is -2.31. The SMILES string of the molecule is c1ccc2c(c1)-c1ccncc1C21c2ccccc2-c2cccc3cccc1c23. The minimum absolute atomic E-state index is 0.329. The normalized spacial score (nSPS) is 17.8. The average Bonchev–Trinajstić information content (AvgIpc) is 3.09. The number of aromatic nitrogens is 1. The van der Waals surface area contributed by atoms with Gasteiger partial charge in [-0.25, -0.2) is 0 Å². The fourth-order valence-electron chi connectivity index (χ4n) is 5.77. The van der Waals surface area contributed by atoms with Crippen molar-refractivity contribution in [3.05, 3.63) is 126 Å². The van der Waals surface area contributed by atoms with Crippen LogP contribution in [0.25, 0.3) is 33.0 Å². The predicted molar refractivity (Wildman–Crippen MR) is 118 cm³/mol. The lowest BCUT2D eigenvalue weighted by molar-refractivity contribution is 0.768. The van der Waals surface area contributed by atoms with Gasteiger partial charge in [-0.1, -0.05) is 84.9 Å². The molecule has 2 aliphatic rings. The quantitative estimate of drug-likeness (QED) is 0.295. The standard InChI is InChI=1S/C28H17N/c1-3-12-23-19(9-1)21-15-16-29-17-26(21)28(23)24-13-4-2-10-20(24)22-11-5-7-18-8-6-14-25(28)27(18)22/h1-17H. The van der Waals surface area contributed by atoms with E-state index in [2.05, 4.69) is 102 Å². The summed E-state index contributed by atoms with van der Waals surface area (Å²) in [5.41, 5.74) is 10.3. The molecule has 1 unspecified atom stereocenters. The molecule has 0 saturated heterocycles. The summed E-state index contributed by atoms with van der Waals surface area (Å²) in [5, 5.41) is 2.66. The lowest BCUT2D eigenvalue weighted by atomic mass is 9.62. The second kappa shape index (κ2) is 5.21. The minimum atomic E-state index is -0.329. The van der Waals surface area contributed by atoms with Gasteiger partial charge in [0.1, 0.15) is 0 Å². The molecule has 1 aromatic heterocycles. The Morgan fingerprint density at radius 2 is 1.07 bits per heavy atom. The highest BCUT2D eigenvalue weighted by atomic mass is 14.6. The molecule has 0 aliphatic heterocycles. The Balaban J connectivity index is 1.80. The van der Waals surface area contributed by atoms with Gasteiger partial charge in [0, 0.05) is 12.4 Å². The first-order valence-corrected chi connectivity index (χ1v) is 10.1. The molecule has 5 aromatic rings. The summed E-state index contributed by atoms with van der Waals surface area (Å²) in [7, 11) is 0. The number of fused-ring (bicyclic) bond motifs is 9. The van der Waals surface area contributed by atoms with Crippen molar-refractivity contribution in [2.75, 3.05) is 0 Å². The number of nitrogens with zero attached hydrogens (tertiary/aromatic N) is 1. The molecule has 1 spiro atoms. The van der Waals surface area contributed by atoms with Crippen LogP contribution in [0.4, 0.5) is 0 Å². The molecular weight excluding hydrogens is 350 g/mol. The van der Waals surface area contributed by atoms with Gasteiger partial charge in [-0.05, 0) is 61.3 Å². The summed E-state index contributed by atoms with van der Waals surface area (Å²) in [5.74, 6) is 0. The zero-order chi connectivity index (χ0) is 19.0. The van der Waals surface area contributed by atoms with Crippen molar-refractivity contribution in [1.82, 2.24) is 4.98 Å². The number of pyridine rings is 1. The predicted octanol–water partition coefficient (Wildman–Crippen LogP) is 6.58. The average molecular weight is 367 g/mol. The van der Waals surface area contributed by atoms with Gasteiger partial charge in [-0.3, -0.25) is 4.98 Å². The second-order valence-electron chi connectivity index (χ2n) is 7.97. The maximum Gasteiger partial charge on any atom is 0.0740 e. The van der Waals surface area contributed by atoms with Crippen LogP contribution in [0.2, 0.25) is 0 Å². The summed E-state index contributed by atoms with van der Waals surface area (Å²) in [6, 6.07) is 33.4. The molecule has 0 amide bonds. The van der Waals surface area contributed by atoms with E-state index in [9.17, 15) is 0 Å². The minimum Gasteiger partial charge on any atom is -0.264 e. The molecular formula is C28H17N. The van der Waals surface area contributed by atoms with E-state index in [0.717, 1.165) is 0 Å². The molecule has 4 aromatic carbocycles. The van der Waals surface area contributed by atoms with Gasteiger partial charge in [-0.2, -0.15) is 0 Å². The van der Waals surface area contributed by atoms with Crippen LogP contribution in [0, 0.1) is 0 Å². The van der Waals surface area contributed by atoms with Crippen LogP contribution in [-0.2, 0) is 5.41 Å². The Bertz CT molecular complexity index is 1410. The van der Waals surface area contributed by atoms with Gasteiger partial charge >= 0.3 is 0 Å². The van der Waals surface area contributed by atoms with E-state index in [0.29, 0.717) is 0 Å². The smallest absolute Gasteiger partial charge is 0.0740 e. The third kappa shape index (κ3) is 1.66. The molecule has 134 valence electrons. The molecule has 1 atom stereocenters. The van der Waals surface area contributed by atoms with Crippen LogP contribution in [0.3, 0.4) is 0 Å². The van der Waals surface area contributed by atoms with Crippen LogP contribution >= 0.6 is 0 Å². The molecule has 1 heterocycles. The van der Waals surface area contributed by atoms with Crippen molar-refractivity contribution in [1.29, 1.82) is 0 Å². The number of hydrogen-bond donors (Lipinski definition) is 0. The van der Waals surface area contributed by atoms with Crippen molar-refractivity contribution in [3.8, 4) is 22.3 Å². The zero-order valence-electron chi connectivity index (χ0n) is 15.8. The molecule has 0 fully saturated rings. The molecule has 0 bridgehead atoms. The topological polar surface area (TPSA) is 12.9 Å².